The number of fused-ring (bicyclic) bond motifs is 2. The first-order valence-electron chi connectivity index (χ1n) is 9.78. The number of rotatable bonds is 5. The quantitative estimate of drug-likeness (QED) is 0.701. The van der Waals surface area contributed by atoms with Crippen LogP contribution < -0.4 is 19.5 Å². The molecule has 1 aromatic heterocycles. The molecule has 0 unspecified atom stereocenters. The number of nitrogens with zero attached hydrogens (tertiary/aromatic N) is 2. The van der Waals surface area contributed by atoms with Crippen molar-refractivity contribution < 1.29 is 19.0 Å². The average Bonchev–Trinajstić information content (AvgIpc) is 3.05. The third-order valence-electron chi connectivity index (χ3n) is 5.26. The van der Waals surface area contributed by atoms with Crippen LogP contribution in [0.1, 0.15) is 27.8 Å². The molecule has 2 aromatic carbocycles. The molecule has 0 bridgehead atoms. The number of hydrogen-bond donors (Lipinski definition) is 1. The first-order valence-corrected chi connectivity index (χ1v) is 9.78. The van der Waals surface area contributed by atoms with Gasteiger partial charge in [-0.05, 0) is 42.0 Å². The Kier molecular flexibility index (Phi) is 4.63. The van der Waals surface area contributed by atoms with E-state index in [-0.39, 0.29) is 5.91 Å². The highest BCUT2D eigenvalue weighted by Gasteiger charge is 2.38. The Bertz CT molecular complexity index is 1080. The van der Waals surface area contributed by atoms with Gasteiger partial charge in [-0.3, -0.25) is 9.78 Å². The summed E-state index contributed by atoms with van der Waals surface area (Å²) in [5, 5.41) is 3.45. The van der Waals surface area contributed by atoms with Gasteiger partial charge in [0, 0.05) is 24.5 Å². The van der Waals surface area contributed by atoms with Crippen LogP contribution in [-0.2, 0) is 6.54 Å². The van der Waals surface area contributed by atoms with E-state index in [0.717, 1.165) is 22.7 Å². The number of aromatic nitrogens is 1. The third-order valence-corrected chi connectivity index (χ3v) is 5.26. The van der Waals surface area contributed by atoms with Crippen molar-refractivity contribution in [1.29, 1.82) is 0 Å². The minimum absolute atomic E-state index is 0.0519. The van der Waals surface area contributed by atoms with Gasteiger partial charge in [-0.2, -0.15) is 0 Å². The fourth-order valence-corrected chi connectivity index (χ4v) is 3.76. The molecule has 3 aromatic rings. The maximum absolute atomic E-state index is 13.1. The molecule has 0 spiro atoms. The molecule has 3 heterocycles. The first-order chi connectivity index (χ1) is 14.7. The molecule has 2 aliphatic rings. The normalized spacial score (nSPS) is 16.9. The molecular formula is C23H21N3O4. The molecule has 0 saturated carbocycles. The van der Waals surface area contributed by atoms with Crippen LogP contribution in [0.3, 0.4) is 0 Å². The van der Waals surface area contributed by atoms with Crippen molar-refractivity contribution in [3.8, 4) is 17.2 Å². The van der Waals surface area contributed by atoms with E-state index < -0.39 is 6.17 Å². The summed E-state index contributed by atoms with van der Waals surface area (Å²) >= 11 is 0. The van der Waals surface area contributed by atoms with Gasteiger partial charge in [-0.25, -0.2) is 0 Å². The zero-order valence-corrected chi connectivity index (χ0v) is 16.5. The van der Waals surface area contributed by atoms with Crippen LogP contribution in [0, 0.1) is 0 Å². The van der Waals surface area contributed by atoms with E-state index in [4.69, 9.17) is 14.2 Å². The lowest BCUT2D eigenvalue weighted by atomic mass is 10.2. The number of carbonyl (C=O) groups is 1. The number of amides is 1. The van der Waals surface area contributed by atoms with E-state index in [9.17, 15) is 4.79 Å². The number of benzene rings is 2. The second-order valence-corrected chi connectivity index (χ2v) is 7.12. The number of hydrogen-bond acceptors (Lipinski definition) is 6. The van der Waals surface area contributed by atoms with E-state index in [2.05, 4.69) is 10.3 Å². The molecule has 5 rings (SSSR count). The molecule has 7 nitrogen and oxygen atoms in total. The summed E-state index contributed by atoms with van der Waals surface area (Å²) in [7, 11) is 1.63. The molecule has 0 aliphatic carbocycles. The number of anilines is 1. The van der Waals surface area contributed by atoms with Crippen LogP contribution in [0.15, 0.2) is 60.8 Å². The number of nitrogens with one attached hydrogen (secondary N) is 1. The van der Waals surface area contributed by atoms with Gasteiger partial charge in [-0.15, -0.1) is 0 Å². The van der Waals surface area contributed by atoms with E-state index in [0.29, 0.717) is 36.8 Å². The maximum Gasteiger partial charge on any atom is 0.258 e. The number of methoxy groups -OCH3 is 1. The van der Waals surface area contributed by atoms with Gasteiger partial charge in [0.2, 0.25) is 0 Å². The standard InChI is InChI=1S/C23H21N3O4/c1-28-17-7-4-15(5-8-17)14-26-22(21-18(23(26)27)3-2-10-24-21)25-16-6-9-19-20(13-16)30-12-11-29-19/h2-10,13,22,25H,11-12,14H2,1H3/t22-/m0/s1. The van der Waals surface area contributed by atoms with Crippen LogP contribution in [0.2, 0.25) is 0 Å². The Morgan fingerprint density at radius 1 is 1.10 bits per heavy atom. The van der Waals surface area contributed by atoms with E-state index in [1.807, 2.05) is 48.5 Å². The Morgan fingerprint density at radius 2 is 1.90 bits per heavy atom. The minimum atomic E-state index is -0.390. The molecule has 1 amide bonds. The van der Waals surface area contributed by atoms with Gasteiger partial charge >= 0.3 is 0 Å². The number of ether oxygens (including phenoxy) is 3. The first kappa shape index (κ1) is 18.3. The molecule has 2 aliphatic heterocycles. The van der Waals surface area contributed by atoms with Crippen LogP contribution in [0.5, 0.6) is 17.2 Å². The van der Waals surface area contributed by atoms with Crippen molar-refractivity contribution in [3.63, 3.8) is 0 Å². The van der Waals surface area contributed by atoms with Gasteiger partial charge < -0.3 is 24.4 Å². The highest BCUT2D eigenvalue weighted by molar-refractivity contribution is 5.98. The Balaban J connectivity index is 1.45. The Labute approximate surface area is 174 Å². The van der Waals surface area contributed by atoms with E-state index >= 15 is 0 Å². The Morgan fingerprint density at radius 3 is 2.70 bits per heavy atom. The lowest BCUT2D eigenvalue weighted by Crippen LogP contribution is -2.32. The molecular weight excluding hydrogens is 382 g/mol. The van der Waals surface area contributed by atoms with Gasteiger partial charge in [-0.1, -0.05) is 12.1 Å². The molecule has 0 radical (unpaired) electrons. The topological polar surface area (TPSA) is 72.9 Å². The van der Waals surface area contributed by atoms with E-state index in [1.165, 1.54) is 0 Å². The lowest BCUT2D eigenvalue weighted by Gasteiger charge is -2.27. The predicted octanol–water partition coefficient (Wildman–Crippen LogP) is 3.63. The van der Waals surface area contributed by atoms with Crippen molar-refractivity contribution in [1.82, 2.24) is 9.88 Å². The Hall–Kier alpha value is -3.74. The smallest absolute Gasteiger partial charge is 0.258 e. The largest absolute Gasteiger partial charge is 0.497 e. The summed E-state index contributed by atoms with van der Waals surface area (Å²) in [5.41, 5.74) is 3.16. The monoisotopic (exact) mass is 403 g/mol. The minimum Gasteiger partial charge on any atom is -0.497 e. The second-order valence-electron chi connectivity index (χ2n) is 7.12. The summed E-state index contributed by atoms with van der Waals surface area (Å²) in [5.74, 6) is 2.15. The van der Waals surface area contributed by atoms with Crippen molar-refractivity contribution in [3.05, 3.63) is 77.6 Å². The summed E-state index contributed by atoms with van der Waals surface area (Å²) < 4.78 is 16.5. The van der Waals surface area contributed by atoms with Crippen molar-refractivity contribution in [2.75, 3.05) is 25.6 Å². The van der Waals surface area contributed by atoms with Gasteiger partial charge in [0.05, 0.1) is 18.4 Å². The second kappa shape index (κ2) is 7.59. The SMILES string of the molecule is COc1ccc(CN2C(=O)c3cccnc3[C@H]2Nc2ccc3c(c2)OCCO3)cc1. The molecule has 1 N–H and O–H groups in total. The highest BCUT2D eigenvalue weighted by atomic mass is 16.6. The van der Waals surface area contributed by atoms with Crippen molar-refractivity contribution in [2.24, 2.45) is 0 Å². The lowest BCUT2D eigenvalue weighted by molar-refractivity contribution is 0.0727. The molecule has 7 heteroatoms. The molecule has 0 saturated heterocycles. The van der Waals surface area contributed by atoms with Crippen LogP contribution in [-0.4, -0.2) is 36.1 Å². The van der Waals surface area contributed by atoms with Crippen LogP contribution >= 0.6 is 0 Å². The summed E-state index contributed by atoms with van der Waals surface area (Å²) in [6.45, 7) is 1.51. The average molecular weight is 403 g/mol. The predicted molar refractivity (Wildman–Crippen MR) is 111 cm³/mol. The summed E-state index contributed by atoms with van der Waals surface area (Å²) in [6.07, 6.45) is 1.32. The zero-order chi connectivity index (χ0) is 20.5. The maximum atomic E-state index is 13.1. The fraction of sp³-hybridized carbons (Fsp3) is 0.217. The number of carbonyl (C=O) groups excluding carboxylic acids is 1. The molecule has 1 atom stereocenters. The summed E-state index contributed by atoms with van der Waals surface area (Å²) in [6, 6.07) is 17.0. The van der Waals surface area contributed by atoms with Gasteiger partial charge in [0.1, 0.15) is 25.1 Å². The highest BCUT2D eigenvalue weighted by Crippen LogP contribution is 2.37. The summed E-state index contributed by atoms with van der Waals surface area (Å²) in [4.78, 5) is 19.4. The fourth-order valence-electron chi connectivity index (χ4n) is 3.76. The molecule has 30 heavy (non-hydrogen) atoms. The van der Waals surface area contributed by atoms with Crippen LogP contribution in [0.25, 0.3) is 0 Å². The number of pyridine rings is 1. The van der Waals surface area contributed by atoms with Gasteiger partial charge in [0.15, 0.2) is 11.5 Å². The van der Waals surface area contributed by atoms with E-state index in [1.54, 1.807) is 24.3 Å². The van der Waals surface area contributed by atoms with Gasteiger partial charge in [0.25, 0.3) is 5.91 Å². The zero-order valence-electron chi connectivity index (χ0n) is 16.5. The van der Waals surface area contributed by atoms with Crippen molar-refractivity contribution in [2.45, 2.75) is 12.7 Å². The third kappa shape index (κ3) is 3.28. The molecule has 152 valence electrons. The van der Waals surface area contributed by atoms with Crippen LogP contribution in [0.4, 0.5) is 5.69 Å². The molecule has 0 fully saturated rings. The van der Waals surface area contributed by atoms with Crippen molar-refractivity contribution >= 4 is 11.6 Å².